The molecule has 0 rings (SSSR count). The van der Waals surface area contributed by atoms with Gasteiger partial charge in [-0.25, -0.2) is 9.59 Å². The fraction of sp³-hybridized carbons (Fsp3) is 0.417. The number of ether oxygens (including phenoxy) is 2. The molecule has 0 heterocycles. The van der Waals surface area contributed by atoms with Crippen molar-refractivity contribution in [3.63, 3.8) is 0 Å². The number of amides is 1. The lowest BCUT2D eigenvalue weighted by atomic mass is 10.2. The molecule has 18 heavy (non-hydrogen) atoms. The van der Waals surface area contributed by atoms with Gasteiger partial charge in [0.05, 0.1) is 13.2 Å². The summed E-state index contributed by atoms with van der Waals surface area (Å²) in [6.45, 7) is 6.91. The van der Waals surface area contributed by atoms with Crippen LogP contribution in [0.4, 0.5) is 4.79 Å². The first kappa shape index (κ1) is 15.9. The third-order valence-electron chi connectivity index (χ3n) is 1.81. The summed E-state index contributed by atoms with van der Waals surface area (Å²) in [6.07, 6.45) is 2.40. The Balaban J connectivity index is 3.43. The molecule has 0 aliphatic heterocycles. The Morgan fingerprint density at radius 3 is 2.39 bits per heavy atom. The normalized spacial score (nSPS) is 9.11. The summed E-state index contributed by atoms with van der Waals surface area (Å²) in [5.41, 5.74) is 0. The van der Waals surface area contributed by atoms with E-state index in [-0.39, 0.29) is 25.5 Å². The molecule has 0 atom stereocenters. The molecule has 1 amide bonds. The van der Waals surface area contributed by atoms with Gasteiger partial charge in [0.25, 0.3) is 0 Å². The molecule has 0 saturated heterocycles. The number of rotatable bonds is 9. The van der Waals surface area contributed by atoms with Crippen LogP contribution in [0.3, 0.4) is 0 Å². The maximum atomic E-state index is 11.1. The van der Waals surface area contributed by atoms with Gasteiger partial charge >= 0.3 is 12.1 Å². The number of hydrogen-bond acceptors (Lipinski definition) is 5. The van der Waals surface area contributed by atoms with Crippen LogP contribution in [0.2, 0.25) is 0 Å². The van der Waals surface area contributed by atoms with E-state index in [1.807, 2.05) is 0 Å². The van der Waals surface area contributed by atoms with Crippen molar-refractivity contribution in [2.75, 3.05) is 19.8 Å². The van der Waals surface area contributed by atoms with Crippen molar-refractivity contribution < 1.29 is 23.9 Å². The minimum Gasteiger partial charge on any atom is -0.461 e. The molecule has 0 radical (unpaired) electrons. The summed E-state index contributed by atoms with van der Waals surface area (Å²) in [5.74, 6) is -0.636. The quantitative estimate of drug-likeness (QED) is 0.377. The molecule has 0 aromatic heterocycles. The predicted octanol–water partition coefficient (Wildman–Crippen LogP) is 0.977. The van der Waals surface area contributed by atoms with E-state index >= 15 is 0 Å². The number of esters is 1. The second kappa shape index (κ2) is 10.1. The van der Waals surface area contributed by atoms with Crippen LogP contribution in [0.5, 0.6) is 0 Å². The average Bonchev–Trinajstić information content (AvgIpc) is 2.38. The van der Waals surface area contributed by atoms with Crippen LogP contribution in [0.25, 0.3) is 0 Å². The van der Waals surface area contributed by atoms with Crippen LogP contribution in [0, 0.1) is 0 Å². The van der Waals surface area contributed by atoms with E-state index in [4.69, 9.17) is 4.74 Å². The molecule has 6 heteroatoms. The van der Waals surface area contributed by atoms with E-state index in [9.17, 15) is 14.4 Å². The molecule has 1 N–H and O–H groups in total. The minimum atomic E-state index is -0.615. The first-order valence-electron chi connectivity index (χ1n) is 5.45. The number of ketones is 1. The standard InChI is InChI=1S/C12H17NO5/c1-3-10(14)6-5-8-18-12(16)13-7-9-17-11(15)4-2/h3-4H,1-2,5-9H2,(H,13,16). The van der Waals surface area contributed by atoms with Crippen LogP contribution in [0.15, 0.2) is 25.3 Å². The average molecular weight is 255 g/mol. The fourth-order valence-corrected chi connectivity index (χ4v) is 0.928. The van der Waals surface area contributed by atoms with Gasteiger partial charge in [0, 0.05) is 12.5 Å². The highest BCUT2D eigenvalue weighted by Crippen LogP contribution is 1.93. The first-order valence-corrected chi connectivity index (χ1v) is 5.45. The van der Waals surface area contributed by atoms with E-state index in [1.54, 1.807) is 0 Å². The van der Waals surface area contributed by atoms with Crippen molar-refractivity contribution in [3.05, 3.63) is 25.3 Å². The zero-order chi connectivity index (χ0) is 13.8. The van der Waals surface area contributed by atoms with Crippen molar-refractivity contribution in [3.8, 4) is 0 Å². The summed E-state index contributed by atoms with van der Waals surface area (Å²) >= 11 is 0. The zero-order valence-corrected chi connectivity index (χ0v) is 10.1. The molecule has 0 aromatic rings. The zero-order valence-electron chi connectivity index (χ0n) is 10.1. The molecule has 0 unspecified atom stereocenters. The van der Waals surface area contributed by atoms with Gasteiger partial charge in [-0.3, -0.25) is 4.79 Å². The molecule has 0 aliphatic carbocycles. The molecule has 0 aromatic carbocycles. The molecule has 0 fully saturated rings. The third kappa shape index (κ3) is 9.14. The van der Waals surface area contributed by atoms with Gasteiger partial charge in [-0.15, -0.1) is 0 Å². The predicted molar refractivity (Wildman–Crippen MR) is 64.9 cm³/mol. The fourth-order valence-electron chi connectivity index (χ4n) is 0.928. The number of hydrogen-bond donors (Lipinski definition) is 1. The lowest BCUT2D eigenvalue weighted by Gasteiger charge is -2.06. The van der Waals surface area contributed by atoms with E-state index in [1.165, 1.54) is 6.08 Å². The lowest BCUT2D eigenvalue weighted by molar-refractivity contribution is -0.137. The molecular formula is C12H17NO5. The molecule has 6 nitrogen and oxygen atoms in total. The van der Waals surface area contributed by atoms with E-state index in [0.717, 1.165) is 6.08 Å². The molecule has 0 bridgehead atoms. The van der Waals surface area contributed by atoms with Gasteiger partial charge in [0.15, 0.2) is 5.78 Å². The summed E-state index contributed by atoms with van der Waals surface area (Å²) in [5, 5.41) is 2.39. The van der Waals surface area contributed by atoms with Crippen molar-refractivity contribution in [1.29, 1.82) is 0 Å². The maximum Gasteiger partial charge on any atom is 0.407 e. The van der Waals surface area contributed by atoms with E-state index < -0.39 is 12.1 Å². The van der Waals surface area contributed by atoms with Crippen LogP contribution < -0.4 is 5.32 Å². The minimum absolute atomic E-state index is 0.0505. The Labute approximate surface area is 106 Å². The van der Waals surface area contributed by atoms with Crippen LogP contribution in [-0.2, 0) is 19.1 Å². The van der Waals surface area contributed by atoms with E-state index in [0.29, 0.717) is 12.8 Å². The molecule has 0 spiro atoms. The van der Waals surface area contributed by atoms with Gasteiger partial charge in [-0.05, 0) is 12.5 Å². The maximum absolute atomic E-state index is 11.1. The first-order chi connectivity index (χ1) is 8.60. The summed E-state index contributed by atoms with van der Waals surface area (Å²) in [7, 11) is 0. The molecule has 0 aliphatic rings. The molecular weight excluding hydrogens is 238 g/mol. The van der Waals surface area contributed by atoms with Gasteiger partial charge in [0.1, 0.15) is 6.61 Å². The monoisotopic (exact) mass is 255 g/mol. The Morgan fingerprint density at radius 1 is 1.06 bits per heavy atom. The second-order valence-corrected chi connectivity index (χ2v) is 3.21. The van der Waals surface area contributed by atoms with Crippen molar-refractivity contribution >= 4 is 17.8 Å². The lowest BCUT2D eigenvalue weighted by Crippen LogP contribution is -2.28. The number of alkyl carbamates (subject to hydrolysis) is 1. The largest absolute Gasteiger partial charge is 0.461 e. The Bertz CT molecular complexity index is 294. The summed E-state index contributed by atoms with van der Waals surface area (Å²) < 4.78 is 9.40. The van der Waals surface area contributed by atoms with Gasteiger partial charge in [-0.1, -0.05) is 13.2 Å². The van der Waals surface area contributed by atoms with Crippen LogP contribution in [0.1, 0.15) is 12.8 Å². The van der Waals surface area contributed by atoms with Gasteiger partial charge in [-0.2, -0.15) is 0 Å². The second-order valence-electron chi connectivity index (χ2n) is 3.21. The number of nitrogens with one attached hydrogen (secondary N) is 1. The summed E-state index contributed by atoms with van der Waals surface area (Å²) in [4.78, 5) is 32.5. The number of carbonyl (C=O) groups is 3. The van der Waals surface area contributed by atoms with E-state index in [2.05, 4.69) is 23.2 Å². The van der Waals surface area contributed by atoms with Crippen molar-refractivity contribution in [1.82, 2.24) is 5.32 Å². The van der Waals surface area contributed by atoms with Crippen LogP contribution in [-0.4, -0.2) is 37.6 Å². The third-order valence-corrected chi connectivity index (χ3v) is 1.81. The Hall–Kier alpha value is -2.11. The van der Waals surface area contributed by atoms with Gasteiger partial charge < -0.3 is 14.8 Å². The van der Waals surface area contributed by atoms with Crippen molar-refractivity contribution in [2.24, 2.45) is 0 Å². The SMILES string of the molecule is C=CC(=O)CCCOC(=O)NCCOC(=O)C=C. The van der Waals surface area contributed by atoms with Crippen LogP contribution >= 0.6 is 0 Å². The molecule has 100 valence electrons. The topological polar surface area (TPSA) is 81.7 Å². The smallest absolute Gasteiger partial charge is 0.407 e. The Kier molecular flexibility index (Phi) is 8.89. The summed E-state index contributed by atoms with van der Waals surface area (Å²) in [6, 6.07) is 0. The van der Waals surface area contributed by atoms with Crippen molar-refractivity contribution in [2.45, 2.75) is 12.8 Å². The highest BCUT2D eigenvalue weighted by atomic mass is 16.6. The van der Waals surface area contributed by atoms with Gasteiger partial charge in [0.2, 0.25) is 0 Å². The highest BCUT2D eigenvalue weighted by molar-refractivity contribution is 5.88. The number of allylic oxidation sites excluding steroid dienone is 1. The highest BCUT2D eigenvalue weighted by Gasteiger charge is 2.02. The molecule has 0 saturated carbocycles. The Morgan fingerprint density at radius 2 is 1.78 bits per heavy atom. The number of carbonyl (C=O) groups excluding carboxylic acids is 3.